The van der Waals surface area contributed by atoms with E-state index >= 15 is 0 Å². The maximum atomic E-state index is 12.9. The Balaban J connectivity index is 1.61. The highest BCUT2D eigenvalue weighted by atomic mass is 16.4. The van der Waals surface area contributed by atoms with E-state index in [1.807, 2.05) is 54.6 Å². The van der Waals surface area contributed by atoms with Crippen molar-refractivity contribution in [2.24, 2.45) is 23.7 Å². The van der Waals surface area contributed by atoms with Crippen molar-refractivity contribution in [2.75, 3.05) is 5.32 Å². The number of hydrogen-bond acceptors (Lipinski definition) is 2. The molecule has 4 nitrogen and oxygen atoms in total. The molecule has 2 aromatic carbocycles. The van der Waals surface area contributed by atoms with E-state index in [-0.39, 0.29) is 17.7 Å². The smallest absolute Gasteiger partial charge is 0.307 e. The molecule has 2 fully saturated rings. The number of hydrogen-bond donors (Lipinski definition) is 2. The second-order valence-electron chi connectivity index (χ2n) is 7.12. The van der Waals surface area contributed by atoms with Gasteiger partial charge in [0.1, 0.15) is 0 Å². The number of para-hydroxylation sites is 1. The number of anilines is 1. The number of carbonyl (C=O) groups excluding carboxylic acids is 1. The number of benzene rings is 2. The van der Waals surface area contributed by atoms with Crippen LogP contribution in [0.2, 0.25) is 0 Å². The predicted molar refractivity (Wildman–Crippen MR) is 96.0 cm³/mol. The zero-order chi connectivity index (χ0) is 17.4. The summed E-state index contributed by atoms with van der Waals surface area (Å²) in [5.74, 6) is -1.58. The first kappa shape index (κ1) is 15.9. The van der Waals surface area contributed by atoms with Gasteiger partial charge in [0.05, 0.1) is 11.8 Å². The molecule has 2 aliphatic carbocycles. The average molecular weight is 335 g/mol. The van der Waals surface area contributed by atoms with E-state index in [0.717, 1.165) is 36.1 Å². The van der Waals surface area contributed by atoms with Crippen molar-refractivity contribution in [3.05, 3.63) is 54.6 Å². The Bertz CT molecular complexity index is 802. The minimum absolute atomic E-state index is 0.150. The van der Waals surface area contributed by atoms with E-state index in [2.05, 4.69) is 5.32 Å². The number of carboxylic acids is 1. The summed E-state index contributed by atoms with van der Waals surface area (Å²) in [4.78, 5) is 24.6. The van der Waals surface area contributed by atoms with Gasteiger partial charge in [-0.25, -0.2) is 0 Å². The molecule has 0 spiro atoms. The topological polar surface area (TPSA) is 66.4 Å². The molecule has 0 heterocycles. The lowest BCUT2D eigenvalue weighted by Crippen LogP contribution is -2.37. The van der Waals surface area contributed by atoms with E-state index in [4.69, 9.17) is 0 Å². The maximum Gasteiger partial charge on any atom is 0.307 e. The molecule has 0 radical (unpaired) electrons. The number of carboxylic acid groups (broad SMARTS) is 1. The molecule has 0 aromatic heterocycles. The van der Waals surface area contributed by atoms with E-state index in [0.29, 0.717) is 0 Å². The molecule has 0 unspecified atom stereocenters. The predicted octanol–water partition coefficient (Wildman–Crippen LogP) is 4.04. The molecule has 2 aromatic rings. The second kappa shape index (κ2) is 6.36. The zero-order valence-electron chi connectivity index (χ0n) is 13.9. The molecule has 2 aliphatic rings. The van der Waals surface area contributed by atoms with Crippen molar-refractivity contribution in [1.29, 1.82) is 0 Å². The SMILES string of the molecule is O=C(O)[C@H]1[C@H]2CC[C@@H](C2)[C@@H]1C(=O)Nc1ccccc1-c1ccccc1. The third-order valence-corrected chi connectivity index (χ3v) is 5.77. The van der Waals surface area contributed by atoms with Crippen LogP contribution in [0, 0.1) is 23.7 Å². The molecule has 4 heteroatoms. The van der Waals surface area contributed by atoms with Gasteiger partial charge < -0.3 is 10.4 Å². The van der Waals surface area contributed by atoms with Crippen LogP contribution >= 0.6 is 0 Å². The Hall–Kier alpha value is -2.62. The number of carbonyl (C=O) groups is 2. The zero-order valence-corrected chi connectivity index (χ0v) is 13.9. The lowest BCUT2D eigenvalue weighted by atomic mass is 9.78. The van der Waals surface area contributed by atoms with Crippen LogP contribution in [0.3, 0.4) is 0 Å². The van der Waals surface area contributed by atoms with Crippen LogP contribution in [0.4, 0.5) is 5.69 Å². The summed E-state index contributed by atoms with van der Waals surface area (Å²) in [6.45, 7) is 0. The molecule has 4 rings (SSSR count). The van der Waals surface area contributed by atoms with Crippen molar-refractivity contribution in [1.82, 2.24) is 0 Å². The van der Waals surface area contributed by atoms with Crippen molar-refractivity contribution < 1.29 is 14.7 Å². The lowest BCUT2D eigenvalue weighted by molar-refractivity contribution is -0.148. The van der Waals surface area contributed by atoms with Gasteiger partial charge >= 0.3 is 5.97 Å². The van der Waals surface area contributed by atoms with Gasteiger partial charge in [-0.2, -0.15) is 0 Å². The normalized spacial score (nSPS) is 27.2. The number of fused-ring (bicyclic) bond motifs is 2. The summed E-state index contributed by atoms with van der Waals surface area (Å²) in [6, 6.07) is 17.6. The summed E-state index contributed by atoms with van der Waals surface area (Å²) in [7, 11) is 0. The monoisotopic (exact) mass is 335 g/mol. The van der Waals surface area contributed by atoms with E-state index in [1.165, 1.54) is 0 Å². The molecule has 2 N–H and O–H groups in total. The summed E-state index contributed by atoms with van der Waals surface area (Å²) in [6.07, 6.45) is 2.77. The van der Waals surface area contributed by atoms with Crippen LogP contribution in [0.1, 0.15) is 19.3 Å². The molecule has 0 aliphatic heterocycles. The van der Waals surface area contributed by atoms with Crippen LogP contribution in [0.15, 0.2) is 54.6 Å². The van der Waals surface area contributed by atoms with Gasteiger partial charge in [-0.15, -0.1) is 0 Å². The molecule has 2 saturated carbocycles. The highest BCUT2D eigenvalue weighted by Gasteiger charge is 2.54. The van der Waals surface area contributed by atoms with Gasteiger partial charge in [-0.3, -0.25) is 9.59 Å². The fraction of sp³-hybridized carbons (Fsp3) is 0.333. The number of rotatable bonds is 4. The Morgan fingerprint density at radius 3 is 2.24 bits per heavy atom. The van der Waals surface area contributed by atoms with Gasteiger partial charge in [-0.1, -0.05) is 48.5 Å². The molecule has 4 atom stereocenters. The number of aliphatic carboxylic acids is 1. The van der Waals surface area contributed by atoms with Gasteiger partial charge in [-0.05, 0) is 42.7 Å². The van der Waals surface area contributed by atoms with Crippen molar-refractivity contribution in [3.63, 3.8) is 0 Å². The Kier molecular flexibility index (Phi) is 4.04. The first-order valence-electron chi connectivity index (χ1n) is 8.83. The van der Waals surface area contributed by atoms with E-state index < -0.39 is 17.8 Å². The summed E-state index contributed by atoms with van der Waals surface area (Å²) in [5.41, 5.74) is 2.72. The first-order chi connectivity index (χ1) is 12.1. The molecule has 128 valence electrons. The molecule has 0 saturated heterocycles. The Morgan fingerprint density at radius 2 is 1.52 bits per heavy atom. The molecule has 25 heavy (non-hydrogen) atoms. The van der Waals surface area contributed by atoms with Crippen LogP contribution in [-0.2, 0) is 9.59 Å². The van der Waals surface area contributed by atoms with Gasteiger partial charge in [0.2, 0.25) is 5.91 Å². The van der Waals surface area contributed by atoms with Crippen molar-refractivity contribution >= 4 is 17.6 Å². The van der Waals surface area contributed by atoms with Crippen LogP contribution in [0.25, 0.3) is 11.1 Å². The third-order valence-electron chi connectivity index (χ3n) is 5.77. The number of amides is 1. The second-order valence-corrected chi connectivity index (χ2v) is 7.12. The summed E-state index contributed by atoms with van der Waals surface area (Å²) >= 11 is 0. The van der Waals surface area contributed by atoms with Crippen LogP contribution < -0.4 is 5.32 Å². The van der Waals surface area contributed by atoms with E-state index in [9.17, 15) is 14.7 Å². The minimum Gasteiger partial charge on any atom is -0.481 e. The van der Waals surface area contributed by atoms with Crippen molar-refractivity contribution in [3.8, 4) is 11.1 Å². The average Bonchev–Trinajstić information content (AvgIpc) is 3.24. The lowest BCUT2D eigenvalue weighted by Gasteiger charge is -2.27. The van der Waals surface area contributed by atoms with Gasteiger partial charge in [0.15, 0.2) is 0 Å². The Labute approximate surface area is 146 Å². The van der Waals surface area contributed by atoms with E-state index in [1.54, 1.807) is 0 Å². The molecule has 1 amide bonds. The van der Waals surface area contributed by atoms with Gasteiger partial charge in [0, 0.05) is 11.3 Å². The molecular formula is C21H21NO3. The van der Waals surface area contributed by atoms with Gasteiger partial charge in [0.25, 0.3) is 0 Å². The highest BCUT2D eigenvalue weighted by Crippen LogP contribution is 2.52. The largest absolute Gasteiger partial charge is 0.481 e. The molecule has 2 bridgehead atoms. The quantitative estimate of drug-likeness (QED) is 0.886. The highest BCUT2D eigenvalue weighted by molar-refractivity contribution is 5.99. The summed E-state index contributed by atoms with van der Waals surface area (Å²) < 4.78 is 0. The first-order valence-corrected chi connectivity index (χ1v) is 8.83. The standard InChI is InChI=1S/C21H21NO3/c23-20(18-14-10-11-15(12-14)19(18)21(24)25)22-17-9-5-4-8-16(17)13-6-2-1-3-7-13/h1-9,14-15,18-19H,10-12H2,(H,22,23)(H,24,25)/t14-,15-,18-,19-/m0/s1. The minimum atomic E-state index is -0.830. The maximum absolute atomic E-state index is 12.9. The van der Waals surface area contributed by atoms with Crippen molar-refractivity contribution in [2.45, 2.75) is 19.3 Å². The fourth-order valence-electron chi connectivity index (χ4n) is 4.70. The number of nitrogens with one attached hydrogen (secondary N) is 1. The summed E-state index contributed by atoms with van der Waals surface area (Å²) in [5, 5.41) is 12.6. The van der Waals surface area contributed by atoms with Crippen LogP contribution in [-0.4, -0.2) is 17.0 Å². The fourth-order valence-corrected chi connectivity index (χ4v) is 4.70. The van der Waals surface area contributed by atoms with Crippen LogP contribution in [0.5, 0.6) is 0 Å². The third kappa shape index (κ3) is 2.82. The molecular weight excluding hydrogens is 314 g/mol. The Morgan fingerprint density at radius 1 is 0.880 bits per heavy atom.